The summed E-state index contributed by atoms with van der Waals surface area (Å²) in [4.78, 5) is 2.27. The van der Waals surface area contributed by atoms with E-state index in [0.717, 1.165) is 17.6 Å². The zero-order valence-electron chi connectivity index (χ0n) is 10.7. The first-order valence-corrected chi connectivity index (χ1v) is 6.54. The van der Waals surface area contributed by atoms with E-state index in [-0.39, 0.29) is 12.4 Å². The van der Waals surface area contributed by atoms with Crippen LogP contribution in [0.5, 0.6) is 0 Å². The summed E-state index contributed by atoms with van der Waals surface area (Å²) < 4.78 is 1.14. The Kier molecular flexibility index (Phi) is 8.88. The zero-order valence-corrected chi connectivity index (χ0v) is 13.1. The van der Waals surface area contributed by atoms with Crippen molar-refractivity contribution in [1.29, 1.82) is 0 Å². The highest BCUT2D eigenvalue weighted by Gasteiger charge is 2.07. The molecule has 0 saturated heterocycles. The van der Waals surface area contributed by atoms with Gasteiger partial charge in [0.25, 0.3) is 0 Å². The molecule has 2 nitrogen and oxygen atoms in total. The second-order valence-electron chi connectivity index (χ2n) is 4.28. The van der Waals surface area contributed by atoms with E-state index in [0.29, 0.717) is 6.04 Å². The first-order chi connectivity index (χ1) is 7.63. The fourth-order valence-corrected chi connectivity index (χ4v) is 1.94. The summed E-state index contributed by atoms with van der Waals surface area (Å²) in [5, 5.41) is 3.50. The summed E-state index contributed by atoms with van der Waals surface area (Å²) in [6, 6.07) is 9.08. The first kappa shape index (κ1) is 16.9. The fraction of sp³-hybridized carbons (Fsp3) is 0.538. The number of benzene rings is 1. The minimum Gasteiger partial charge on any atom is -0.311 e. The van der Waals surface area contributed by atoms with Crippen molar-refractivity contribution in [3.8, 4) is 0 Å². The Morgan fingerprint density at radius 1 is 1.24 bits per heavy atom. The Balaban J connectivity index is 0.00000256. The molecule has 0 spiro atoms. The van der Waals surface area contributed by atoms with Crippen LogP contribution in [-0.2, 0) is 6.54 Å². The summed E-state index contributed by atoms with van der Waals surface area (Å²) in [6.45, 7) is 4.21. The molecule has 0 aliphatic heterocycles. The minimum atomic E-state index is 0. The van der Waals surface area contributed by atoms with Crippen LogP contribution in [0.1, 0.15) is 18.9 Å². The smallest absolute Gasteiger partial charge is 0.0212 e. The third kappa shape index (κ3) is 6.41. The number of halogens is 2. The van der Waals surface area contributed by atoms with Crippen LogP contribution in [-0.4, -0.2) is 31.6 Å². The van der Waals surface area contributed by atoms with Crippen molar-refractivity contribution in [3.63, 3.8) is 0 Å². The van der Waals surface area contributed by atoms with Crippen molar-refractivity contribution in [2.75, 3.05) is 20.6 Å². The normalized spacial score (nSPS) is 12.3. The molecule has 0 radical (unpaired) electrons. The molecule has 1 aromatic rings. The summed E-state index contributed by atoms with van der Waals surface area (Å²) in [5.41, 5.74) is 1.33. The van der Waals surface area contributed by atoms with E-state index in [1.54, 1.807) is 0 Å². The van der Waals surface area contributed by atoms with Crippen molar-refractivity contribution < 1.29 is 0 Å². The molecule has 0 saturated carbocycles. The molecule has 1 N–H and O–H groups in total. The average Bonchev–Trinajstić information content (AvgIpc) is 2.26. The van der Waals surface area contributed by atoms with E-state index >= 15 is 0 Å². The minimum absolute atomic E-state index is 0. The van der Waals surface area contributed by atoms with E-state index in [9.17, 15) is 0 Å². The monoisotopic (exact) mass is 320 g/mol. The fourth-order valence-electron chi connectivity index (χ4n) is 1.68. The van der Waals surface area contributed by atoms with Crippen LogP contribution < -0.4 is 5.32 Å². The topological polar surface area (TPSA) is 15.3 Å². The van der Waals surface area contributed by atoms with E-state index in [2.05, 4.69) is 71.4 Å². The van der Waals surface area contributed by atoms with Gasteiger partial charge in [0.05, 0.1) is 0 Å². The van der Waals surface area contributed by atoms with Gasteiger partial charge in [0.2, 0.25) is 0 Å². The third-order valence-corrected chi connectivity index (χ3v) is 3.35. The van der Waals surface area contributed by atoms with Crippen LogP contribution in [0.2, 0.25) is 0 Å². The van der Waals surface area contributed by atoms with Gasteiger partial charge in [-0.05, 0) is 38.2 Å². The Bertz CT molecular complexity index is 301. The highest BCUT2D eigenvalue weighted by atomic mass is 79.9. The summed E-state index contributed by atoms with van der Waals surface area (Å²) in [7, 11) is 4.27. The van der Waals surface area contributed by atoms with Gasteiger partial charge in [-0.1, -0.05) is 35.0 Å². The lowest BCUT2D eigenvalue weighted by Gasteiger charge is -2.23. The molecule has 1 rings (SSSR count). The largest absolute Gasteiger partial charge is 0.311 e. The van der Waals surface area contributed by atoms with Crippen molar-refractivity contribution >= 4 is 28.3 Å². The quantitative estimate of drug-likeness (QED) is 0.865. The predicted molar refractivity (Wildman–Crippen MR) is 80.9 cm³/mol. The summed E-state index contributed by atoms with van der Waals surface area (Å²) in [6.07, 6.45) is 1.18. The number of rotatable bonds is 6. The van der Waals surface area contributed by atoms with Crippen LogP contribution in [0.4, 0.5) is 0 Å². The van der Waals surface area contributed by atoms with E-state index in [4.69, 9.17) is 0 Å². The summed E-state index contributed by atoms with van der Waals surface area (Å²) in [5.74, 6) is 0. The predicted octanol–water partition coefficient (Wildman–Crippen LogP) is 3.30. The van der Waals surface area contributed by atoms with Crippen molar-refractivity contribution in [2.24, 2.45) is 0 Å². The lowest BCUT2D eigenvalue weighted by molar-refractivity contribution is 0.276. The maximum absolute atomic E-state index is 3.50. The maximum atomic E-state index is 3.50. The number of nitrogens with one attached hydrogen (secondary N) is 1. The van der Waals surface area contributed by atoms with Gasteiger partial charge in [-0.2, -0.15) is 0 Å². The molecule has 4 heteroatoms. The van der Waals surface area contributed by atoms with Crippen molar-refractivity contribution in [2.45, 2.75) is 25.9 Å². The molecule has 98 valence electrons. The van der Waals surface area contributed by atoms with Gasteiger partial charge in [0.15, 0.2) is 0 Å². The summed E-state index contributed by atoms with van der Waals surface area (Å²) >= 11 is 3.44. The Morgan fingerprint density at radius 2 is 1.82 bits per heavy atom. The van der Waals surface area contributed by atoms with Crippen LogP contribution in [0.15, 0.2) is 28.7 Å². The highest BCUT2D eigenvalue weighted by Crippen LogP contribution is 2.10. The highest BCUT2D eigenvalue weighted by molar-refractivity contribution is 9.10. The molecule has 0 aliphatic carbocycles. The standard InChI is InChI=1S/C13H21BrN2.ClH/c1-4-13(16(2)3)10-15-9-11-5-7-12(14)8-6-11;/h5-8,13,15H,4,9-10H2,1-3H3;1H. The van der Waals surface area contributed by atoms with E-state index in [1.807, 2.05) is 0 Å². The van der Waals surface area contributed by atoms with Gasteiger partial charge in [-0.3, -0.25) is 0 Å². The van der Waals surface area contributed by atoms with Crippen LogP contribution in [0, 0.1) is 0 Å². The number of likely N-dealkylation sites (N-methyl/N-ethyl adjacent to an activating group) is 1. The number of nitrogens with zero attached hydrogens (tertiary/aromatic N) is 1. The molecule has 1 atom stereocenters. The van der Waals surface area contributed by atoms with Gasteiger partial charge in [-0.15, -0.1) is 12.4 Å². The Morgan fingerprint density at radius 3 is 2.29 bits per heavy atom. The van der Waals surface area contributed by atoms with Gasteiger partial charge >= 0.3 is 0 Å². The van der Waals surface area contributed by atoms with Gasteiger partial charge in [0.1, 0.15) is 0 Å². The molecular weight excluding hydrogens is 300 g/mol. The van der Waals surface area contributed by atoms with Crippen LogP contribution in [0.3, 0.4) is 0 Å². The lowest BCUT2D eigenvalue weighted by Crippen LogP contribution is -2.37. The van der Waals surface area contributed by atoms with E-state index < -0.39 is 0 Å². The van der Waals surface area contributed by atoms with Gasteiger partial charge < -0.3 is 10.2 Å². The molecular formula is C13H22BrClN2. The van der Waals surface area contributed by atoms with Crippen LogP contribution >= 0.6 is 28.3 Å². The zero-order chi connectivity index (χ0) is 12.0. The van der Waals surface area contributed by atoms with Crippen LogP contribution in [0.25, 0.3) is 0 Å². The van der Waals surface area contributed by atoms with Crippen molar-refractivity contribution in [3.05, 3.63) is 34.3 Å². The number of hydrogen-bond acceptors (Lipinski definition) is 2. The average molecular weight is 322 g/mol. The second kappa shape index (κ2) is 8.92. The lowest BCUT2D eigenvalue weighted by atomic mass is 10.2. The third-order valence-electron chi connectivity index (χ3n) is 2.82. The van der Waals surface area contributed by atoms with Gasteiger partial charge in [0, 0.05) is 23.6 Å². The molecule has 0 fully saturated rings. The van der Waals surface area contributed by atoms with Gasteiger partial charge in [-0.25, -0.2) is 0 Å². The number of hydrogen-bond donors (Lipinski definition) is 1. The van der Waals surface area contributed by atoms with E-state index in [1.165, 1.54) is 12.0 Å². The molecule has 1 unspecified atom stereocenters. The molecule has 0 aliphatic rings. The SMILES string of the molecule is CCC(CNCc1ccc(Br)cc1)N(C)C.Cl. The molecule has 0 aromatic heterocycles. The molecule has 17 heavy (non-hydrogen) atoms. The molecule has 0 heterocycles. The molecule has 0 amide bonds. The Labute approximate surface area is 119 Å². The second-order valence-corrected chi connectivity index (χ2v) is 5.20. The Hall–Kier alpha value is -0.0900. The molecule has 0 bridgehead atoms. The van der Waals surface area contributed by atoms with Crippen molar-refractivity contribution in [1.82, 2.24) is 10.2 Å². The first-order valence-electron chi connectivity index (χ1n) is 5.75. The maximum Gasteiger partial charge on any atom is 0.0212 e. The molecule has 1 aromatic carbocycles.